The minimum absolute atomic E-state index is 0.0799. The number of allylic oxidation sites excluding steroid dienone is 1. The zero-order chi connectivity index (χ0) is 20.2. The maximum Gasteiger partial charge on any atom is 0.316 e. The van der Waals surface area contributed by atoms with Crippen LogP contribution in [0.5, 0.6) is 0 Å². The monoisotopic (exact) mass is 407 g/mol. The molecule has 1 N–H and O–H groups in total. The smallest absolute Gasteiger partial charge is 0.316 e. The van der Waals surface area contributed by atoms with E-state index in [1.165, 1.54) is 6.92 Å². The van der Waals surface area contributed by atoms with Gasteiger partial charge < -0.3 is 9.84 Å². The molecule has 2 rings (SSSR count). The highest BCUT2D eigenvalue weighted by molar-refractivity contribution is 8.07. The van der Waals surface area contributed by atoms with Crippen LogP contribution in [0.25, 0.3) is 0 Å². The maximum absolute atomic E-state index is 12.9. The third-order valence-corrected chi connectivity index (χ3v) is 9.14. The molecule has 2 aliphatic heterocycles. The van der Waals surface area contributed by atoms with Crippen molar-refractivity contribution in [2.75, 3.05) is 12.9 Å². The first-order chi connectivity index (χ1) is 11.8. The number of rotatable bonds is 5. The maximum atomic E-state index is 12.9. The Morgan fingerprint density at radius 1 is 1.31 bits per heavy atom. The van der Waals surface area contributed by atoms with Gasteiger partial charge in [0.1, 0.15) is 5.75 Å². The molecule has 0 radical (unpaired) electrons. The summed E-state index contributed by atoms with van der Waals surface area (Å²) in [6, 6.07) is 0. The summed E-state index contributed by atoms with van der Waals surface area (Å²) in [7, 11) is -5.42. The normalized spacial score (nSPS) is 29.0. The summed E-state index contributed by atoms with van der Waals surface area (Å²) in [6.07, 6.45) is -1.32. The fourth-order valence-corrected chi connectivity index (χ4v) is 7.65. The number of ether oxygens (including phenoxy) is 1. The van der Waals surface area contributed by atoms with Crippen molar-refractivity contribution >= 4 is 38.3 Å². The molecule has 26 heavy (non-hydrogen) atoms. The molecule has 0 bridgehead atoms. The average Bonchev–Trinajstić information content (AvgIpc) is 2.45. The first kappa shape index (κ1) is 20.7. The molecule has 0 spiro atoms. The number of β-lactam (4-membered cyclic amide) rings is 1. The molecule has 0 aromatic carbocycles. The number of carboxylic acids is 1. The van der Waals surface area contributed by atoms with Gasteiger partial charge in [0, 0.05) is 12.5 Å². The minimum atomic E-state index is -4.26. The first-order valence-corrected chi connectivity index (χ1v) is 10.7. The number of carbonyl (C=O) groups excluding carboxylic acids is 2. The van der Waals surface area contributed by atoms with E-state index in [9.17, 15) is 27.0 Å². The van der Waals surface area contributed by atoms with Crippen molar-refractivity contribution in [3.63, 3.8) is 0 Å². The van der Waals surface area contributed by atoms with Gasteiger partial charge in [-0.3, -0.25) is 23.5 Å². The zero-order valence-electron chi connectivity index (χ0n) is 15.0. The van der Waals surface area contributed by atoms with E-state index in [2.05, 4.69) is 0 Å². The largest absolute Gasteiger partial charge is 0.481 e. The molecule has 0 aromatic heterocycles. The molecule has 0 aromatic rings. The van der Waals surface area contributed by atoms with E-state index in [0.717, 1.165) is 12.0 Å². The fraction of sp³-hybridized carbons (Fsp3) is 0.667. The van der Waals surface area contributed by atoms with Crippen LogP contribution in [-0.4, -0.2) is 69.2 Å². The van der Waals surface area contributed by atoms with Crippen LogP contribution in [-0.2, 0) is 39.8 Å². The van der Waals surface area contributed by atoms with E-state index in [-0.39, 0.29) is 11.3 Å². The Balaban J connectivity index is 2.71. The second-order valence-electron chi connectivity index (χ2n) is 7.21. The van der Waals surface area contributed by atoms with E-state index in [0.29, 0.717) is 0 Å². The van der Waals surface area contributed by atoms with Gasteiger partial charge in [-0.05, 0) is 12.5 Å². The second kappa shape index (κ2) is 6.54. The van der Waals surface area contributed by atoms with Crippen LogP contribution in [0.1, 0.15) is 27.7 Å². The lowest BCUT2D eigenvalue weighted by Crippen LogP contribution is -2.72. The van der Waals surface area contributed by atoms with Crippen molar-refractivity contribution in [1.29, 1.82) is 0 Å². The molecule has 11 heteroatoms. The Bertz CT molecular complexity index is 836. The Kier molecular flexibility index (Phi) is 5.21. The SMILES string of the molecule is CO[C@H]1C(=O)N2C(C(=O)C(C)(C)C)=C(C)C(S(=O)CC(=O)O)S(=O)(=O)[C@H]12. The number of carboxylic acid groups (broad SMARTS) is 1. The molecule has 0 aliphatic carbocycles. The fourth-order valence-electron chi connectivity index (χ4n) is 3.07. The van der Waals surface area contributed by atoms with Gasteiger partial charge in [-0.15, -0.1) is 0 Å². The molecule has 2 unspecified atom stereocenters. The number of aliphatic carboxylic acids is 1. The summed E-state index contributed by atoms with van der Waals surface area (Å²) in [6.45, 7) is 6.11. The predicted molar refractivity (Wildman–Crippen MR) is 91.9 cm³/mol. The summed E-state index contributed by atoms with van der Waals surface area (Å²) in [5.74, 6) is -3.48. The number of carbonyl (C=O) groups is 3. The van der Waals surface area contributed by atoms with Crippen molar-refractivity contribution < 1.29 is 36.9 Å². The van der Waals surface area contributed by atoms with Gasteiger partial charge in [0.25, 0.3) is 5.91 Å². The number of nitrogens with zero attached hydrogens (tertiary/aromatic N) is 1. The highest BCUT2D eigenvalue weighted by Crippen LogP contribution is 2.44. The lowest BCUT2D eigenvalue weighted by atomic mass is 9.86. The predicted octanol–water partition coefficient (Wildman–Crippen LogP) is -0.353. The third kappa shape index (κ3) is 3.01. The van der Waals surface area contributed by atoms with Gasteiger partial charge in [-0.25, -0.2) is 8.42 Å². The summed E-state index contributed by atoms with van der Waals surface area (Å²) in [5, 5.41) is 7.39. The number of hydrogen-bond donors (Lipinski definition) is 1. The lowest BCUT2D eigenvalue weighted by molar-refractivity contribution is -0.161. The number of Topliss-reactive ketones (excluding diaryl/α,β-unsaturated/α-hetero) is 1. The van der Waals surface area contributed by atoms with E-state index < -0.39 is 65.5 Å². The molecule has 1 fully saturated rings. The van der Waals surface area contributed by atoms with E-state index in [1.54, 1.807) is 20.8 Å². The quantitative estimate of drug-likeness (QED) is 0.611. The highest BCUT2D eigenvalue weighted by atomic mass is 32.3. The van der Waals surface area contributed by atoms with Gasteiger partial charge in [-0.2, -0.15) is 0 Å². The molecule has 2 heterocycles. The average molecular weight is 407 g/mol. The third-order valence-electron chi connectivity index (χ3n) is 4.25. The lowest BCUT2D eigenvalue weighted by Gasteiger charge is -2.51. The van der Waals surface area contributed by atoms with Gasteiger partial charge in [0.15, 0.2) is 31.7 Å². The zero-order valence-corrected chi connectivity index (χ0v) is 16.6. The van der Waals surface area contributed by atoms with Crippen molar-refractivity contribution in [2.45, 2.75) is 43.8 Å². The molecule has 0 saturated carbocycles. The summed E-state index contributed by atoms with van der Waals surface area (Å²) >= 11 is 0. The molecule has 4 atom stereocenters. The van der Waals surface area contributed by atoms with Gasteiger partial charge in [0.2, 0.25) is 0 Å². The molecule has 9 nitrogen and oxygen atoms in total. The molecule has 146 valence electrons. The van der Waals surface area contributed by atoms with Crippen LogP contribution in [0.2, 0.25) is 0 Å². The number of amides is 1. The second-order valence-corrected chi connectivity index (χ2v) is 11.2. The Hall–Kier alpha value is -1.59. The molecule has 1 amide bonds. The van der Waals surface area contributed by atoms with E-state index in [4.69, 9.17) is 9.84 Å². The number of ketones is 1. The Labute approximate surface area is 153 Å². The van der Waals surface area contributed by atoms with Crippen LogP contribution >= 0.6 is 0 Å². The molecule has 2 aliphatic rings. The summed E-state index contributed by atoms with van der Waals surface area (Å²) < 4.78 is 41.6. The highest BCUT2D eigenvalue weighted by Gasteiger charge is 2.64. The first-order valence-electron chi connectivity index (χ1n) is 7.70. The van der Waals surface area contributed by atoms with Crippen LogP contribution in [0, 0.1) is 5.41 Å². The Morgan fingerprint density at radius 2 is 1.85 bits per heavy atom. The van der Waals surface area contributed by atoms with Crippen LogP contribution in [0.15, 0.2) is 11.3 Å². The number of fused-ring (bicyclic) bond motifs is 1. The standard InChI is InChI=1S/C15H21NO8S2/c1-7-9(11(19)15(2,3)4)16-12(20)10(24-5)13(16)26(22,23)14(7)25(21)6-8(17)18/h10,13-14H,6H2,1-5H3,(H,17,18)/t10-,13+,14?,25?/m0/s1. The van der Waals surface area contributed by atoms with Gasteiger partial charge in [-0.1, -0.05) is 20.8 Å². The number of hydrogen-bond acceptors (Lipinski definition) is 7. The molecular weight excluding hydrogens is 386 g/mol. The number of sulfone groups is 1. The molecular formula is C15H21NO8S2. The van der Waals surface area contributed by atoms with Crippen LogP contribution in [0.3, 0.4) is 0 Å². The number of methoxy groups -OCH3 is 1. The van der Waals surface area contributed by atoms with Gasteiger partial charge >= 0.3 is 5.97 Å². The van der Waals surface area contributed by atoms with Crippen LogP contribution in [0.4, 0.5) is 0 Å². The van der Waals surface area contributed by atoms with Crippen molar-refractivity contribution in [3.05, 3.63) is 11.3 Å². The van der Waals surface area contributed by atoms with Crippen molar-refractivity contribution in [1.82, 2.24) is 4.90 Å². The summed E-state index contributed by atoms with van der Waals surface area (Å²) in [4.78, 5) is 37.0. The van der Waals surface area contributed by atoms with Gasteiger partial charge in [0.05, 0.1) is 16.5 Å². The van der Waals surface area contributed by atoms with Crippen molar-refractivity contribution in [2.24, 2.45) is 5.41 Å². The van der Waals surface area contributed by atoms with Crippen molar-refractivity contribution in [3.8, 4) is 0 Å². The van der Waals surface area contributed by atoms with Crippen LogP contribution < -0.4 is 0 Å². The topological polar surface area (TPSA) is 135 Å². The minimum Gasteiger partial charge on any atom is -0.481 e. The Morgan fingerprint density at radius 3 is 2.27 bits per heavy atom. The van der Waals surface area contributed by atoms with E-state index in [1.807, 2.05) is 0 Å². The molecule has 1 saturated heterocycles. The summed E-state index contributed by atoms with van der Waals surface area (Å²) in [5.41, 5.74) is -1.15. The van der Waals surface area contributed by atoms with E-state index >= 15 is 0 Å².